The number of guanidine groups is 1. The first kappa shape index (κ1) is 17.3. The van der Waals surface area contributed by atoms with E-state index in [1.165, 1.54) is 7.05 Å². The van der Waals surface area contributed by atoms with E-state index in [-0.39, 0.29) is 12.5 Å². The molecular weight excluding hydrogens is 287 g/mol. The van der Waals surface area contributed by atoms with E-state index in [9.17, 15) is 13.2 Å². The van der Waals surface area contributed by atoms with E-state index in [1.54, 1.807) is 0 Å². The van der Waals surface area contributed by atoms with Crippen LogP contribution in [0.25, 0.3) is 0 Å². The second kappa shape index (κ2) is 7.84. The quantitative estimate of drug-likeness (QED) is 0.620. The van der Waals surface area contributed by atoms with Crippen LogP contribution in [0.4, 0.5) is 13.2 Å². The summed E-state index contributed by atoms with van der Waals surface area (Å²) in [6.07, 6.45) is -4.61. The van der Waals surface area contributed by atoms with Gasteiger partial charge in [0.15, 0.2) is 11.8 Å². The van der Waals surface area contributed by atoms with E-state index in [0.29, 0.717) is 30.6 Å². The maximum Gasteiger partial charge on any atom is 0.390 e. The zero-order valence-corrected chi connectivity index (χ0v) is 12.3. The predicted molar refractivity (Wildman–Crippen MR) is 72.1 cm³/mol. The minimum Gasteiger partial charge on any atom is -0.356 e. The fourth-order valence-electron chi connectivity index (χ4n) is 1.44. The molecule has 0 radical (unpaired) electrons. The number of alkyl halides is 3. The summed E-state index contributed by atoms with van der Waals surface area (Å²) < 4.78 is 41.1. The first-order valence-corrected chi connectivity index (χ1v) is 6.65. The molecule has 1 rings (SSSR count). The zero-order chi connectivity index (χ0) is 15.9. The van der Waals surface area contributed by atoms with Gasteiger partial charge in [-0.15, -0.1) is 0 Å². The molecule has 0 saturated carbocycles. The summed E-state index contributed by atoms with van der Waals surface area (Å²) in [5.74, 6) is 1.62. The smallest absolute Gasteiger partial charge is 0.356 e. The lowest BCUT2D eigenvalue weighted by Crippen LogP contribution is -2.39. The molecule has 0 aromatic carbocycles. The van der Waals surface area contributed by atoms with E-state index >= 15 is 0 Å². The van der Waals surface area contributed by atoms with Gasteiger partial charge < -0.3 is 15.2 Å². The highest BCUT2D eigenvalue weighted by molar-refractivity contribution is 5.79. The average molecular weight is 307 g/mol. The Balaban J connectivity index is 2.28. The summed E-state index contributed by atoms with van der Waals surface area (Å²) in [5.41, 5.74) is 0. The molecule has 0 aliphatic rings. The third-order valence-electron chi connectivity index (χ3n) is 2.56. The number of nitrogens with zero attached hydrogens (tertiary/aromatic N) is 3. The van der Waals surface area contributed by atoms with Gasteiger partial charge in [-0.25, -0.2) is 0 Å². The minimum atomic E-state index is -4.18. The summed E-state index contributed by atoms with van der Waals surface area (Å²) >= 11 is 0. The van der Waals surface area contributed by atoms with Crippen molar-refractivity contribution in [2.75, 3.05) is 20.1 Å². The van der Waals surface area contributed by atoms with Crippen LogP contribution in [0.15, 0.2) is 9.52 Å². The standard InChI is InChI=1S/C12H20F3N5O/c1-8(2)10-19-9(21-20-10)4-6-17-11(16-3)18-7-5-12(13,14)15/h8H,4-7H2,1-3H3,(H2,16,17,18). The lowest BCUT2D eigenvalue weighted by Gasteiger charge is -2.12. The Morgan fingerprint density at radius 2 is 1.95 bits per heavy atom. The van der Waals surface area contributed by atoms with Gasteiger partial charge in [-0.1, -0.05) is 19.0 Å². The summed E-state index contributed by atoms with van der Waals surface area (Å²) in [7, 11) is 1.49. The Bertz CT molecular complexity index is 456. The van der Waals surface area contributed by atoms with Gasteiger partial charge in [0.25, 0.3) is 0 Å². The zero-order valence-electron chi connectivity index (χ0n) is 12.3. The molecule has 0 aliphatic carbocycles. The van der Waals surface area contributed by atoms with Gasteiger partial charge in [0.05, 0.1) is 6.42 Å². The van der Waals surface area contributed by atoms with Crippen LogP contribution in [0.3, 0.4) is 0 Å². The van der Waals surface area contributed by atoms with Gasteiger partial charge in [0.2, 0.25) is 5.89 Å². The molecule has 0 spiro atoms. The van der Waals surface area contributed by atoms with E-state index in [1.807, 2.05) is 13.8 Å². The van der Waals surface area contributed by atoms with Crippen LogP contribution in [0, 0.1) is 0 Å². The number of nitrogens with one attached hydrogen (secondary N) is 2. The summed E-state index contributed by atoms with van der Waals surface area (Å²) in [4.78, 5) is 8.03. The van der Waals surface area contributed by atoms with Gasteiger partial charge in [-0.05, 0) is 0 Å². The van der Waals surface area contributed by atoms with Crippen molar-refractivity contribution in [1.82, 2.24) is 20.8 Å². The Morgan fingerprint density at radius 3 is 2.48 bits per heavy atom. The monoisotopic (exact) mass is 307 g/mol. The summed E-state index contributed by atoms with van der Waals surface area (Å²) in [5, 5.41) is 9.30. The van der Waals surface area contributed by atoms with Crippen LogP contribution in [-0.2, 0) is 6.42 Å². The van der Waals surface area contributed by atoms with Gasteiger partial charge in [0.1, 0.15) is 0 Å². The van der Waals surface area contributed by atoms with Gasteiger partial charge >= 0.3 is 6.18 Å². The SMILES string of the molecule is CN=C(NCCc1nc(C(C)C)no1)NCCC(F)(F)F. The fourth-order valence-corrected chi connectivity index (χ4v) is 1.44. The van der Waals surface area contributed by atoms with Gasteiger partial charge in [0, 0.05) is 32.5 Å². The molecule has 0 fully saturated rings. The van der Waals surface area contributed by atoms with Crippen molar-refractivity contribution < 1.29 is 17.7 Å². The molecule has 21 heavy (non-hydrogen) atoms. The highest BCUT2D eigenvalue weighted by atomic mass is 19.4. The van der Waals surface area contributed by atoms with Crippen molar-refractivity contribution in [2.24, 2.45) is 4.99 Å². The first-order valence-electron chi connectivity index (χ1n) is 6.65. The molecule has 120 valence electrons. The minimum absolute atomic E-state index is 0.187. The molecule has 1 heterocycles. The Morgan fingerprint density at radius 1 is 1.29 bits per heavy atom. The van der Waals surface area contributed by atoms with Crippen molar-refractivity contribution in [2.45, 2.75) is 38.8 Å². The maximum absolute atomic E-state index is 12.0. The second-order valence-corrected chi connectivity index (χ2v) is 4.74. The molecule has 0 amide bonds. The van der Waals surface area contributed by atoms with Crippen LogP contribution in [0.5, 0.6) is 0 Å². The van der Waals surface area contributed by atoms with E-state index in [0.717, 1.165) is 0 Å². The summed E-state index contributed by atoms with van der Waals surface area (Å²) in [6.45, 7) is 4.13. The second-order valence-electron chi connectivity index (χ2n) is 4.74. The molecule has 0 saturated heterocycles. The Kier molecular flexibility index (Phi) is 6.44. The lowest BCUT2D eigenvalue weighted by atomic mass is 10.2. The average Bonchev–Trinajstić information content (AvgIpc) is 2.84. The van der Waals surface area contributed by atoms with Crippen LogP contribution in [-0.4, -0.2) is 42.4 Å². The Hall–Kier alpha value is -1.80. The van der Waals surface area contributed by atoms with Crippen LogP contribution in [0.2, 0.25) is 0 Å². The molecule has 0 bridgehead atoms. The predicted octanol–water partition coefficient (Wildman–Crippen LogP) is 1.85. The van der Waals surface area contributed by atoms with E-state index in [2.05, 4.69) is 25.8 Å². The van der Waals surface area contributed by atoms with Crippen molar-refractivity contribution in [1.29, 1.82) is 0 Å². The van der Waals surface area contributed by atoms with Gasteiger partial charge in [-0.3, -0.25) is 4.99 Å². The number of hydrogen-bond donors (Lipinski definition) is 2. The van der Waals surface area contributed by atoms with Crippen molar-refractivity contribution in [3.8, 4) is 0 Å². The number of halogens is 3. The molecule has 2 N–H and O–H groups in total. The maximum atomic E-state index is 12.0. The van der Waals surface area contributed by atoms with Crippen LogP contribution >= 0.6 is 0 Å². The molecule has 6 nitrogen and oxygen atoms in total. The Labute approximate surface area is 121 Å². The molecule has 1 aromatic rings. The first-order chi connectivity index (χ1) is 9.81. The molecule has 1 aromatic heterocycles. The highest BCUT2D eigenvalue weighted by Gasteiger charge is 2.26. The molecule has 0 aliphatic heterocycles. The topological polar surface area (TPSA) is 75.3 Å². The van der Waals surface area contributed by atoms with Crippen LogP contribution < -0.4 is 10.6 Å². The highest BCUT2D eigenvalue weighted by Crippen LogP contribution is 2.18. The van der Waals surface area contributed by atoms with E-state index < -0.39 is 12.6 Å². The molecule has 0 atom stereocenters. The normalized spacial score (nSPS) is 12.8. The van der Waals surface area contributed by atoms with E-state index in [4.69, 9.17) is 4.52 Å². The molecule has 9 heteroatoms. The number of rotatable bonds is 6. The number of aromatic nitrogens is 2. The van der Waals surface area contributed by atoms with Gasteiger partial charge in [-0.2, -0.15) is 18.2 Å². The number of aliphatic imine (C=N–C) groups is 1. The third kappa shape index (κ3) is 6.96. The third-order valence-corrected chi connectivity index (χ3v) is 2.56. The number of hydrogen-bond acceptors (Lipinski definition) is 4. The van der Waals surface area contributed by atoms with Crippen molar-refractivity contribution >= 4 is 5.96 Å². The largest absolute Gasteiger partial charge is 0.390 e. The van der Waals surface area contributed by atoms with Crippen molar-refractivity contribution in [3.63, 3.8) is 0 Å². The van der Waals surface area contributed by atoms with Crippen LogP contribution in [0.1, 0.15) is 37.9 Å². The molecular formula is C12H20F3N5O. The van der Waals surface area contributed by atoms with Crippen molar-refractivity contribution in [3.05, 3.63) is 11.7 Å². The fraction of sp³-hybridized carbons (Fsp3) is 0.750. The lowest BCUT2D eigenvalue weighted by molar-refractivity contribution is -0.132. The molecule has 0 unspecified atom stereocenters. The summed E-state index contributed by atoms with van der Waals surface area (Å²) in [6, 6.07) is 0.